The van der Waals surface area contributed by atoms with Crippen molar-refractivity contribution in [3.8, 4) is 11.5 Å². The van der Waals surface area contributed by atoms with Crippen LogP contribution in [0.3, 0.4) is 0 Å². The molecule has 0 radical (unpaired) electrons. The molecule has 0 N–H and O–H groups in total. The summed E-state index contributed by atoms with van der Waals surface area (Å²) in [5.74, 6) is 0.898. The highest BCUT2D eigenvalue weighted by molar-refractivity contribution is 6.27. The summed E-state index contributed by atoms with van der Waals surface area (Å²) in [4.78, 5) is 27.0. The zero-order valence-corrected chi connectivity index (χ0v) is 13.2. The Morgan fingerprint density at radius 3 is 2.14 bits per heavy atom. The van der Waals surface area contributed by atoms with Crippen LogP contribution < -0.4 is 9.47 Å². The van der Waals surface area contributed by atoms with Gasteiger partial charge in [0.1, 0.15) is 5.88 Å². The van der Waals surface area contributed by atoms with E-state index >= 15 is 0 Å². The Balaban J connectivity index is 1.82. The molecule has 2 rings (SSSR count). The van der Waals surface area contributed by atoms with Crippen LogP contribution in [0.1, 0.15) is 0 Å². The van der Waals surface area contributed by atoms with E-state index in [9.17, 15) is 9.59 Å². The first kappa shape index (κ1) is 16.4. The van der Waals surface area contributed by atoms with Crippen molar-refractivity contribution in [2.24, 2.45) is 0 Å². The Bertz CT molecular complexity index is 530. The number of halogens is 1. The molecule has 120 valence electrons. The van der Waals surface area contributed by atoms with Gasteiger partial charge in [-0.15, -0.1) is 11.6 Å². The van der Waals surface area contributed by atoms with Crippen molar-refractivity contribution in [1.82, 2.24) is 9.80 Å². The molecular formula is C15H19ClN2O4. The summed E-state index contributed by atoms with van der Waals surface area (Å²) in [6, 6.07) is 7.18. The topological polar surface area (TPSA) is 59.1 Å². The fourth-order valence-electron chi connectivity index (χ4n) is 2.26. The first-order valence-electron chi connectivity index (χ1n) is 7.03. The number of hydrogen-bond acceptors (Lipinski definition) is 4. The zero-order valence-electron chi connectivity index (χ0n) is 12.5. The second-order valence-electron chi connectivity index (χ2n) is 4.83. The summed E-state index contributed by atoms with van der Waals surface area (Å²) < 4.78 is 10.7. The number of amides is 2. The van der Waals surface area contributed by atoms with Gasteiger partial charge in [0.2, 0.25) is 5.91 Å². The number of hydrogen-bond donors (Lipinski definition) is 0. The molecule has 0 aliphatic carbocycles. The van der Waals surface area contributed by atoms with Gasteiger partial charge in [0, 0.05) is 26.2 Å². The molecule has 1 fully saturated rings. The van der Waals surface area contributed by atoms with Crippen LogP contribution in [0.4, 0.5) is 0 Å². The van der Waals surface area contributed by atoms with E-state index in [1.54, 1.807) is 29.0 Å². The van der Waals surface area contributed by atoms with Crippen molar-refractivity contribution >= 4 is 23.4 Å². The molecule has 0 spiro atoms. The normalized spacial score (nSPS) is 14.6. The predicted molar refractivity (Wildman–Crippen MR) is 82.4 cm³/mol. The van der Waals surface area contributed by atoms with Gasteiger partial charge in [0.15, 0.2) is 18.1 Å². The lowest BCUT2D eigenvalue weighted by atomic mass is 10.3. The third kappa shape index (κ3) is 4.04. The third-order valence-corrected chi connectivity index (χ3v) is 3.75. The molecule has 2 amide bonds. The monoisotopic (exact) mass is 326 g/mol. The van der Waals surface area contributed by atoms with Gasteiger partial charge in [0.25, 0.3) is 5.91 Å². The molecule has 6 nitrogen and oxygen atoms in total. The number of carbonyl (C=O) groups excluding carboxylic acids is 2. The van der Waals surface area contributed by atoms with Crippen LogP contribution in [0, 0.1) is 0 Å². The number of carbonyl (C=O) groups is 2. The van der Waals surface area contributed by atoms with Gasteiger partial charge in [0.05, 0.1) is 7.11 Å². The summed E-state index contributed by atoms with van der Waals surface area (Å²) in [5.41, 5.74) is 0. The van der Waals surface area contributed by atoms with Gasteiger partial charge in [-0.2, -0.15) is 0 Å². The Morgan fingerprint density at radius 2 is 1.59 bits per heavy atom. The Hall–Kier alpha value is -1.95. The zero-order chi connectivity index (χ0) is 15.9. The van der Waals surface area contributed by atoms with E-state index in [0.717, 1.165) is 0 Å². The van der Waals surface area contributed by atoms with Crippen molar-refractivity contribution < 1.29 is 19.1 Å². The minimum absolute atomic E-state index is 0.0230. The fourth-order valence-corrected chi connectivity index (χ4v) is 2.43. The molecule has 7 heteroatoms. The summed E-state index contributed by atoms with van der Waals surface area (Å²) >= 11 is 5.53. The number of benzene rings is 1. The Labute approximate surface area is 134 Å². The number of ether oxygens (including phenoxy) is 2. The summed E-state index contributed by atoms with van der Waals surface area (Å²) in [5, 5.41) is 0. The number of piperazine rings is 1. The first-order chi connectivity index (χ1) is 10.7. The average Bonchev–Trinajstić information content (AvgIpc) is 2.59. The van der Waals surface area contributed by atoms with Crippen molar-refractivity contribution in [2.45, 2.75) is 0 Å². The van der Waals surface area contributed by atoms with Crippen LogP contribution >= 0.6 is 11.6 Å². The van der Waals surface area contributed by atoms with Gasteiger partial charge in [-0.3, -0.25) is 9.59 Å². The Morgan fingerprint density at radius 1 is 1.05 bits per heavy atom. The molecule has 0 aromatic heterocycles. The minimum Gasteiger partial charge on any atom is -0.493 e. The van der Waals surface area contributed by atoms with Gasteiger partial charge >= 0.3 is 0 Å². The van der Waals surface area contributed by atoms with E-state index in [1.165, 1.54) is 0 Å². The van der Waals surface area contributed by atoms with Gasteiger partial charge < -0.3 is 19.3 Å². The van der Waals surface area contributed by atoms with E-state index in [1.807, 2.05) is 12.1 Å². The molecule has 0 saturated carbocycles. The van der Waals surface area contributed by atoms with E-state index in [-0.39, 0.29) is 24.3 Å². The third-order valence-electron chi connectivity index (χ3n) is 3.52. The molecule has 0 atom stereocenters. The number of alkyl halides is 1. The second-order valence-corrected chi connectivity index (χ2v) is 5.10. The van der Waals surface area contributed by atoms with Crippen LogP contribution in [-0.2, 0) is 9.59 Å². The second kappa shape index (κ2) is 7.89. The van der Waals surface area contributed by atoms with Crippen LogP contribution in [0.15, 0.2) is 24.3 Å². The molecule has 1 aromatic carbocycles. The van der Waals surface area contributed by atoms with Crippen molar-refractivity contribution in [1.29, 1.82) is 0 Å². The van der Waals surface area contributed by atoms with Gasteiger partial charge in [-0.25, -0.2) is 0 Å². The molecule has 1 heterocycles. The predicted octanol–water partition coefficient (Wildman–Crippen LogP) is 0.984. The number of methoxy groups -OCH3 is 1. The largest absolute Gasteiger partial charge is 0.493 e. The van der Waals surface area contributed by atoms with Crippen LogP contribution in [-0.4, -0.2) is 67.4 Å². The highest BCUT2D eigenvalue weighted by Crippen LogP contribution is 2.25. The number of nitrogens with zero attached hydrogens (tertiary/aromatic N) is 2. The van der Waals surface area contributed by atoms with Crippen molar-refractivity contribution in [2.75, 3.05) is 45.8 Å². The molecule has 0 unspecified atom stereocenters. The number of rotatable bonds is 5. The van der Waals surface area contributed by atoms with Crippen LogP contribution in [0.25, 0.3) is 0 Å². The highest BCUT2D eigenvalue weighted by atomic mass is 35.5. The lowest BCUT2D eigenvalue weighted by molar-refractivity contribution is -0.139. The van der Waals surface area contributed by atoms with Gasteiger partial charge in [-0.1, -0.05) is 12.1 Å². The first-order valence-corrected chi connectivity index (χ1v) is 7.56. The molecule has 0 bridgehead atoms. The fraction of sp³-hybridized carbons (Fsp3) is 0.467. The van der Waals surface area contributed by atoms with Crippen LogP contribution in [0.2, 0.25) is 0 Å². The molecule has 1 aromatic rings. The maximum absolute atomic E-state index is 12.1. The minimum atomic E-state index is -0.108. The van der Waals surface area contributed by atoms with Crippen molar-refractivity contribution in [3.63, 3.8) is 0 Å². The standard InChI is InChI=1S/C15H19ClN2O4/c1-21-12-4-2-3-5-13(12)22-11-15(20)18-8-6-17(7-9-18)14(19)10-16/h2-5H,6-11H2,1H3. The summed E-state index contributed by atoms with van der Waals surface area (Å²) in [6.07, 6.45) is 0. The van der Waals surface area contributed by atoms with E-state index in [4.69, 9.17) is 21.1 Å². The number of para-hydroxylation sites is 2. The molecule has 22 heavy (non-hydrogen) atoms. The maximum atomic E-state index is 12.1. The van der Waals surface area contributed by atoms with E-state index in [0.29, 0.717) is 37.7 Å². The van der Waals surface area contributed by atoms with Crippen molar-refractivity contribution in [3.05, 3.63) is 24.3 Å². The average molecular weight is 327 g/mol. The molecular weight excluding hydrogens is 308 g/mol. The molecule has 1 saturated heterocycles. The smallest absolute Gasteiger partial charge is 0.260 e. The Kier molecular flexibility index (Phi) is 5.89. The molecule has 1 aliphatic heterocycles. The highest BCUT2D eigenvalue weighted by Gasteiger charge is 2.23. The van der Waals surface area contributed by atoms with E-state index in [2.05, 4.69) is 0 Å². The SMILES string of the molecule is COc1ccccc1OCC(=O)N1CCN(C(=O)CCl)CC1. The lowest BCUT2D eigenvalue weighted by Crippen LogP contribution is -2.51. The summed E-state index contributed by atoms with van der Waals surface area (Å²) in [6.45, 7) is 1.95. The lowest BCUT2D eigenvalue weighted by Gasteiger charge is -2.34. The molecule has 1 aliphatic rings. The van der Waals surface area contributed by atoms with Gasteiger partial charge in [-0.05, 0) is 12.1 Å². The van der Waals surface area contributed by atoms with E-state index < -0.39 is 0 Å². The quantitative estimate of drug-likeness (QED) is 0.757. The summed E-state index contributed by atoms with van der Waals surface area (Å²) in [7, 11) is 1.55. The van der Waals surface area contributed by atoms with Crippen LogP contribution in [0.5, 0.6) is 11.5 Å². The maximum Gasteiger partial charge on any atom is 0.260 e.